The number of nitrogens with two attached hydrogens (primary N) is 1. The number of aliphatic hydroxyl groups is 1. The molecule has 0 aliphatic rings. The van der Waals surface area contributed by atoms with Crippen LogP contribution in [0.4, 0.5) is 0 Å². The highest BCUT2D eigenvalue weighted by Gasteiger charge is 2.13. The van der Waals surface area contributed by atoms with Crippen molar-refractivity contribution in [1.29, 1.82) is 0 Å². The monoisotopic (exact) mass is 215 g/mol. The Morgan fingerprint density at radius 3 is 2.64 bits per heavy atom. The van der Waals surface area contributed by atoms with E-state index in [1.165, 1.54) is 0 Å². The zero-order chi connectivity index (χ0) is 10.7. The van der Waals surface area contributed by atoms with E-state index in [4.69, 9.17) is 22.1 Å². The van der Waals surface area contributed by atoms with E-state index in [0.717, 1.165) is 5.56 Å². The van der Waals surface area contributed by atoms with Crippen LogP contribution in [-0.4, -0.2) is 18.3 Å². The Morgan fingerprint density at radius 1 is 1.50 bits per heavy atom. The van der Waals surface area contributed by atoms with Crippen LogP contribution >= 0.6 is 11.6 Å². The van der Waals surface area contributed by atoms with Crippen LogP contribution in [0.1, 0.15) is 18.5 Å². The Labute approximate surface area is 88.4 Å². The van der Waals surface area contributed by atoms with Gasteiger partial charge < -0.3 is 15.6 Å². The lowest BCUT2D eigenvalue weighted by molar-refractivity contribution is 0.164. The van der Waals surface area contributed by atoms with Crippen molar-refractivity contribution >= 4 is 11.6 Å². The molecular formula is C10H14ClNO2. The molecule has 78 valence electrons. The Hall–Kier alpha value is -0.770. The van der Waals surface area contributed by atoms with Gasteiger partial charge in [0.05, 0.1) is 24.3 Å². The third-order valence-electron chi connectivity index (χ3n) is 2.08. The Balaban J connectivity index is 3.00. The minimum Gasteiger partial charge on any atom is -0.495 e. The van der Waals surface area contributed by atoms with Crippen LogP contribution in [-0.2, 0) is 0 Å². The molecule has 0 saturated heterocycles. The van der Waals surface area contributed by atoms with Gasteiger partial charge in [-0.1, -0.05) is 17.7 Å². The largest absolute Gasteiger partial charge is 0.495 e. The fraction of sp³-hybridized carbons (Fsp3) is 0.400. The molecule has 0 aliphatic carbocycles. The second-order valence-corrected chi connectivity index (χ2v) is 3.57. The van der Waals surface area contributed by atoms with Crippen LogP contribution in [0.5, 0.6) is 5.75 Å². The lowest BCUT2D eigenvalue weighted by Crippen LogP contribution is -2.23. The summed E-state index contributed by atoms with van der Waals surface area (Å²) >= 11 is 5.85. The van der Waals surface area contributed by atoms with E-state index >= 15 is 0 Å². The highest BCUT2D eigenvalue weighted by molar-refractivity contribution is 6.32. The van der Waals surface area contributed by atoms with E-state index in [-0.39, 0.29) is 0 Å². The number of halogens is 1. The van der Waals surface area contributed by atoms with Crippen LogP contribution in [0, 0.1) is 0 Å². The topological polar surface area (TPSA) is 55.5 Å². The number of rotatable bonds is 3. The average Bonchev–Trinajstić information content (AvgIpc) is 2.17. The second kappa shape index (κ2) is 4.64. The second-order valence-electron chi connectivity index (χ2n) is 3.16. The van der Waals surface area contributed by atoms with Crippen molar-refractivity contribution in [2.24, 2.45) is 5.73 Å². The van der Waals surface area contributed by atoms with Crippen molar-refractivity contribution in [1.82, 2.24) is 0 Å². The molecule has 2 atom stereocenters. The number of hydrogen-bond donors (Lipinski definition) is 2. The molecule has 0 aliphatic heterocycles. The first-order valence-corrected chi connectivity index (χ1v) is 4.71. The normalized spacial score (nSPS) is 14.9. The molecular weight excluding hydrogens is 202 g/mol. The summed E-state index contributed by atoms with van der Waals surface area (Å²) in [6.07, 6.45) is -0.596. The van der Waals surface area contributed by atoms with Crippen molar-refractivity contribution in [3.8, 4) is 5.75 Å². The van der Waals surface area contributed by atoms with Crippen LogP contribution in [0.25, 0.3) is 0 Å². The predicted octanol–water partition coefficient (Wildman–Crippen LogP) is 1.73. The maximum Gasteiger partial charge on any atom is 0.137 e. The van der Waals surface area contributed by atoms with Gasteiger partial charge in [-0.15, -0.1) is 0 Å². The first-order valence-electron chi connectivity index (χ1n) is 4.33. The van der Waals surface area contributed by atoms with Crippen molar-refractivity contribution in [2.45, 2.75) is 19.1 Å². The Kier molecular flexibility index (Phi) is 3.75. The van der Waals surface area contributed by atoms with Gasteiger partial charge in [-0.05, 0) is 24.6 Å². The summed E-state index contributed by atoms with van der Waals surface area (Å²) in [6.45, 7) is 1.64. The lowest BCUT2D eigenvalue weighted by Gasteiger charge is -2.16. The van der Waals surface area contributed by atoms with Gasteiger partial charge in [-0.2, -0.15) is 0 Å². The van der Waals surface area contributed by atoms with Gasteiger partial charge in [0.25, 0.3) is 0 Å². The van der Waals surface area contributed by atoms with Crippen molar-refractivity contribution in [2.75, 3.05) is 7.11 Å². The summed E-state index contributed by atoms with van der Waals surface area (Å²) < 4.78 is 5.05. The molecule has 0 amide bonds. The minimum atomic E-state index is -0.596. The molecule has 0 spiro atoms. The highest BCUT2D eigenvalue weighted by Crippen LogP contribution is 2.27. The van der Waals surface area contributed by atoms with Crippen molar-refractivity contribution in [3.63, 3.8) is 0 Å². The van der Waals surface area contributed by atoms with Crippen molar-refractivity contribution in [3.05, 3.63) is 28.8 Å². The van der Waals surface area contributed by atoms with Gasteiger partial charge >= 0.3 is 0 Å². The fourth-order valence-electron chi connectivity index (χ4n) is 1.16. The maximum atomic E-state index is 9.31. The molecule has 4 heteroatoms. The average molecular weight is 216 g/mol. The number of methoxy groups -OCH3 is 1. The molecule has 0 radical (unpaired) electrons. The van der Waals surface area contributed by atoms with E-state index in [2.05, 4.69) is 0 Å². The summed E-state index contributed by atoms with van der Waals surface area (Å²) in [7, 11) is 1.54. The molecule has 3 nitrogen and oxygen atoms in total. The molecule has 1 aromatic rings. The van der Waals surface area contributed by atoms with Gasteiger partial charge in [0.1, 0.15) is 5.75 Å². The summed E-state index contributed by atoms with van der Waals surface area (Å²) in [5.74, 6) is 0.570. The van der Waals surface area contributed by atoms with Crippen molar-refractivity contribution < 1.29 is 9.84 Å². The van der Waals surface area contributed by atoms with Crippen LogP contribution in [0.3, 0.4) is 0 Å². The first-order chi connectivity index (χ1) is 6.56. The van der Waals surface area contributed by atoms with Gasteiger partial charge in [0, 0.05) is 0 Å². The minimum absolute atomic E-state index is 0.416. The summed E-state index contributed by atoms with van der Waals surface area (Å²) in [6, 6.07) is 4.81. The van der Waals surface area contributed by atoms with Gasteiger partial charge in [-0.3, -0.25) is 0 Å². The number of aliphatic hydroxyl groups excluding tert-OH is 1. The Bertz CT molecular complexity index is 315. The number of ether oxygens (including phenoxy) is 1. The molecule has 1 rings (SSSR count). The molecule has 0 heterocycles. The molecule has 0 aromatic heterocycles. The van der Waals surface area contributed by atoms with Crippen LogP contribution in [0.15, 0.2) is 18.2 Å². The highest BCUT2D eigenvalue weighted by atomic mass is 35.5. The zero-order valence-corrected chi connectivity index (χ0v) is 8.95. The van der Waals surface area contributed by atoms with E-state index in [1.807, 2.05) is 0 Å². The van der Waals surface area contributed by atoms with Gasteiger partial charge in [0.2, 0.25) is 0 Å². The Morgan fingerprint density at radius 2 is 2.14 bits per heavy atom. The van der Waals surface area contributed by atoms with Crippen LogP contribution < -0.4 is 10.5 Å². The fourth-order valence-corrected chi connectivity index (χ4v) is 1.36. The summed E-state index contributed by atoms with van der Waals surface area (Å²) in [5.41, 5.74) is 6.57. The van der Waals surface area contributed by atoms with E-state index < -0.39 is 12.1 Å². The first kappa shape index (κ1) is 11.3. The molecule has 1 aromatic carbocycles. The van der Waals surface area contributed by atoms with Gasteiger partial charge in [0.15, 0.2) is 0 Å². The van der Waals surface area contributed by atoms with E-state index in [9.17, 15) is 5.11 Å². The molecule has 0 fully saturated rings. The lowest BCUT2D eigenvalue weighted by atomic mass is 10.0. The van der Waals surface area contributed by atoms with E-state index in [0.29, 0.717) is 10.8 Å². The molecule has 14 heavy (non-hydrogen) atoms. The standard InChI is InChI=1S/C10H14ClNO2/c1-6(13)10(12)7-3-4-8(11)9(5-7)14-2/h3-6,10,13H,12H2,1-2H3. The quantitative estimate of drug-likeness (QED) is 0.808. The molecule has 0 bridgehead atoms. The number of benzene rings is 1. The molecule has 2 unspecified atom stereocenters. The summed E-state index contributed by atoms with van der Waals surface area (Å²) in [5, 5.41) is 9.84. The van der Waals surface area contributed by atoms with E-state index in [1.54, 1.807) is 32.2 Å². The maximum absolute atomic E-state index is 9.31. The smallest absolute Gasteiger partial charge is 0.137 e. The van der Waals surface area contributed by atoms with Crippen LogP contribution in [0.2, 0.25) is 5.02 Å². The third-order valence-corrected chi connectivity index (χ3v) is 2.39. The van der Waals surface area contributed by atoms with Gasteiger partial charge in [-0.25, -0.2) is 0 Å². The third kappa shape index (κ3) is 2.38. The zero-order valence-electron chi connectivity index (χ0n) is 8.20. The predicted molar refractivity (Wildman–Crippen MR) is 56.6 cm³/mol. The SMILES string of the molecule is COc1cc(C(N)C(C)O)ccc1Cl. The summed E-state index contributed by atoms with van der Waals surface area (Å²) in [4.78, 5) is 0. The molecule has 0 saturated carbocycles. The molecule has 3 N–H and O–H groups in total. The number of hydrogen-bond acceptors (Lipinski definition) is 3.